The van der Waals surface area contributed by atoms with Crippen LogP contribution in [0.25, 0.3) is 0 Å². The molecule has 37 heavy (non-hydrogen) atoms. The van der Waals surface area contributed by atoms with Gasteiger partial charge in [0.25, 0.3) is 0 Å². The molecule has 3 atom stereocenters. The Morgan fingerprint density at radius 3 is 2.14 bits per heavy atom. The van der Waals surface area contributed by atoms with Crippen LogP contribution in [0.15, 0.2) is 48.5 Å². The lowest BCUT2D eigenvalue weighted by molar-refractivity contribution is -0.143. The highest BCUT2D eigenvalue weighted by molar-refractivity contribution is 5.89. The highest BCUT2D eigenvalue weighted by Crippen LogP contribution is 2.39. The minimum atomic E-state index is -4.94. The number of carbonyl (C=O) groups is 1. The van der Waals surface area contributed by atoms with Gasteiger partial charge >= 0.3 is 12.4 Å². The van der Waals surface area contributed by atoms with Gasteiger partial charge in [0.1, 0.15) is 0 Å². The molecular weight excluding hydrogens is 500 g/mol. The fourth-order valence-corrected chi connectivity index (χ4v) is 4.53. The average molecular weight is 530 g/mol. The number of nitrogens with one attached hydrogen (secondary N) is 2. The van der Waals surface area contributed by atoms with E-state index in [1.54, 1.807) is 0 Å². The van der Waals surface area contributed by atoms with Crippen molar-refractivity contribution in [3.05, 3.63) is 70.8 Å². The van der Waals surface area contributed by atoms with Crippen LogP contribution >= 0.6 is 0 Å². The molecule has 2 aromatic rings. The van der Waals surface area contributed by atoms with Crippen molar-refractivity contribution in [1.82, 2.24) is 10.6 Å². The van der Waals surface area contributed by atoms with Gasteiger partial charge in [-0.1, -0.05) is 30.3 Å². The molecule has 2 fully saturated rings. The van der Waals surface area contributed by atoms with Gasteiger partial charge < -0.3 is 21.1 Å². The Hall–Kier alpha value is -2.63. The fourth-order valence-electron chi connectivity index (χ4n) is 4.53. The number of amides is 1. The number of hydrogen-bond donors (Lipinski definition) is 3. The summed E-state index contributed by atoms with van der Waals surface area (Å²) in [5.74, 6) is -0.193. The highest BCUT2D eigenvalue weighted by atomic mass is 19.4. The van der Waals surface area contributed by atoms with Crippen LogP contribution in [0, 0.1) is 0 Å². The van der Waals surface area contributed by atoms with Crippen LogP contribution in [-0.4, -0.2) is 30.6 Å². The van der Waals surface area contributed by atoms with Crippen LogP contribution in [0.3, 0.4) is 0 Å². The molecule has 11 heteroatoms. The molecular formula is C26H29F6N3O2. The van der Waals surface area contributed by atoms with E-state index in [-0.39, 0.29) is 30.2 Å². The Labute approximate surface area is 210 Å². The van der Waals surface area contributed by atoms with Crippen molar-refractivity contribution >= 4 is 5.91 Å². The van der Waals surface area contributed by atoms with E-state index < -0.39 is 40.7 Å². The summed E-state index contributed by atoms with van der Waals surface area (Å²) >= 11 is 0. The largest absolute Gasteiger partial charge is 0.416 e. The molecule has 2 aliphatic rings. The van der Waals surface area contributed by atoms with Gasteiger partial charge in [-0.15, -0.1) is 0 Å². The molecule has 1 saturated heterocycles. The molecule has 0 bridgehead atoms. The lowest BCUT2D eigenvalue weighted by atomic mass is 9.81. The number of halogens is 6. The first-order valence-electron chi connectivity index (χ1n) is 12.0. The number of piperidine rings is 1. The van der Waals surface area contributed by atoms with E-state index in [4.69, 9.17) is 10.5 Å². The zero-order chi connectivity index (χ0) is 27.1. The van der Waals surface area contributed by atoms with Gasteiger partial charge in [0.2, 0.25) is 5.91 Å². The zero-order valence-corrected chi connectivity index (χ0v) is 20.2. The average Bonchev–Trinajstić information content (AvgIpc) is 3.61. The molecule has 2 aromatic carbocycles. The van der Waals surface area contributed by atoms with Gasteiger partial charge in [-0.3, -0.25) is 4.79 Å². The van der Waals surface area contributed by atoms with Gasteiger partial charge in [0.15, 0.2) is 0 Å². The molecule has 0 aromatic heterocycles. The van der Waals surface area contributed by atoms with E-state index in [0.29, 0.717) is 44.4 Å². The Morgan fingerprint density at radius 2 is 1.65 bits per heavy atom. The molecule has 0 unspecified atom stereocenters. The van der Waals surface area contributed by atoms with Crippen molar-refractivity contribution in [2.24, 2.45) is 5.73 Å². The lowest BCUT2D eigenvalue weighted by Crippen LogP contribution is -2.59. The van der Waals surface area contributed by atoms with Crippen molar-refractivity contribution in [3.8, 4) is 0 Å². The summed E-state index contributed by atoms with van der Waals surface area (Å²) in [7, 11) is 0. The third-order valence-corrected chi connectivity index (χ3v) is 7.17. The summed E-state index contributed by atoms with van der Waals surface area (Å²) in [6.45, 7) is 1.82. The summed E-state index contributed by atoms with van der Waals surface area (Å²) in [4.78, 5) is 12.3. The first kappa shape index (κ1) is 27.4. The first-order valence-corrected chi connectivity index (χ1v) is 12.0. The van der Waals surface area contributed by atoms with Crippen LogP contribution in [0.2, 0.25) is 0 Å². The minimum Gasteiger partial charge on any atom is -0.372 e. The van der Waals surface area contributed by atoms with Crippen LogP contribution in [0.5, 0.6) is 0 Å². The summed E-state index contributed by atoms with van der Waals surface area (Å²) < 4.78 is 85.8. The smallest absolute Gasteiger partial charge is 0.372 e. The maximum absolute atomic E-state index is 13.3. The van der Waals surface area contributed by atoms with Crippen LogP contribution in [0.4, 0.5) is 26.3 Å². The molecule has 5 nitrogen and oxygen atoms in total. The Bertz CT molecular complexity index is 1080. The molecule has 202 valence electrons. The second-order valence-corrected chi connectivity index (χ2v) is 9.99. The number of hydrogen-bond acceptors (Lipinski definition) is 4. The van der Waals surface area contributed by atoms with Gasteiger partial charge in [0, 0.05) is 12.6 Å². The molecule has 1 aliphatic carbocycles. The van der Waals surface area contributed by atoms with Crippen molar-refractivity contribution < 1.29 is 35.9 Å². The second-order valence-electron chi connectivity index (χ2n) is 9.99. The minimum absolute atomic E-state index is 0.00271. The Balaban J connectivity index is 1.51. The molecule has 1 amide bonds. The molecule has 0 spiro atoms. The highest BCUT2D eigenvalue weighted by Gasteiger charge is 2.47. The van der Waals surface area contributed by atoms with Gasteiger partial charge in [0.05, 0.1) is 34.9 Å². The third-order valence-electron chi connectivity index (χ3n) is 7.17. The predicted octanol–water partition coefficient (Wildman–Crippen LogP) is 5.06. The number of benzene rings is 2. The maximum atomic E-state index is 13.3. The van der Waals surface area contributed by atoms with Gasteiger partial charge in [-0.05, 0) is 61.9 Å². The van der Waals surface area contributed by atoms with Crippen LogP contribution in [-0.2, 0) is 27.4 Å². The second kappa shape index (κ2) is 9.92. The normalized spacial score (nSPS) is 24.4. The molecule has 1 heterocycles. The summed E-state index contributed by atoms with van der Waals surface area (Å²) in [5, 5.41) is 6.38. The third kappa shape index (κ3) is 6.27. The molecule has 4 N–H and O–H groups in total. The number of ether oxygens (including phenoxy) is 1. The van der Waals surface area contributed by atoms with E-state index in [2.05, 4.69) is 10.6 Å². The molecule has 4 rings (SSSR count). The Morgan fingerprint density at radius 1 is 1.05 bits per heavy atom. The van der Waals surface area contributed by atoms with Gasteiger partial charge in [-0.2, -0.15) is 26.3 Å². The monoisotopic (exact) mass is 529 g/mol. The number of carbonyl (C=O) groups excluding carboxylic acids is 1. The first-order chi connectivity index (χ1) is 17.2. The zero-order valence-electron chi connectivity index (χ0n) is 20.2. The van der Waals surface area contributed by atoms with E-state index in [1.807, 2.05) is 30.3 Å². The van der Waals surface area contributed by atoms with Crippen molar-refractivity contribution in [2.75, 3.05) is 13.2 Å². The van der Waals surface area contributed by atoms with E-state index in [9.17, 15) is 31.1 Å². The van der Waals surface area contributed by atoms with Crippen LogP contribution in [0.1, 0.15) is 61.0 Å². The number of nitrogens with two attached hydrogens (primary N) is 1. The number of rotatable bonds is 7. The fraction of sp³-hybridized carbons (Fsp3) is 0.500. The predicted molar refractivity (Wildman–Crippen MR) is 124 cm³/mol. The van der Waals surface area contributed by atoms with Gasteiger partial charge in [-0.25, -0.2) is 0 Å². The summed E-state index contributed by atoms with van der Waals surface area (Å²) in [6.07, 6.45) is -8.53. The maximum Gasteiger partial charge on any atom is 0.416 e. The lowest BCUT2D eigenvalue weighted by Gasteiger charge is -2.42. The molecule has 1 saturated carbocycles. The van der Waals surface area contributed by atoms with Crippen LogP contribution < -0.4 is 16.4 Å². The van der Waals surface area contributed by atoms with E-state index in [1.165, 1.54) is 6.92 Å². The quantitative estimate of drug-likeness (QED) is 0.439. The van der Waals surface area contributed by atoms with Crippen molar-refractivity contribution in [2.45, 2.75) is 68.2 Å². The van der Waals surface area contributed by atoms with E-state index >= 15 is 0 Å². The Kier molecular flexibility index (Phi) is 7.35. The topological polar surface area (TPSA) is 76.4 Å². The number of alkyl halides is 6. The molecule has 1 aliphatic heterocycles. The van der Waals surface area contributed by atoms with E-state index in [0.717, 1.165) is 5.56 Å². The standard InChI is InChI=1S/C26H29F6N3O2/c1-16(17-11-19(25(27,28)29)13-20(12-17)26(30,31)32)37-15-24(18-5-3-2-4-6-18)8-7-21(14-34-24)35-22(36)23(33)9-10-23/h2-6,11-13,16,21,34H,7-10,14-15,33H2,1H3,(H,35,36)/t16-,21+,24-/m1/s1. The van der Waals surface area contributed by atoms with Crippen molar-refractivity contribution in [3.63, 3.8) is 0 Å². The van der Waals surface area contributed by atoms with Crippen molar-refractivity contribution in [1.29, 1.82) is 0 Å². The summed E-state index contributed by atoms with van der Waals surface area (Å²) in [5.41, 5.74) is 2.31. The SMILES string of the molecule is C[C@@H](OC[C@@]1(c2ccccc2)CC[C@H](NC(=O)C2(N)CC2)CN1)c1cc(C(F)(F)F)cc(C(F)(F)F)c1. The molecule has 0 radical (unpaired) electrons. The summed E-state index contributed by atoms with van der Waals surface area (Å²) in [6, 6.07) is 10.6.